The molecule has 0 radical (unpaired) electrons. The topological polar surface area (TPSA) is 71.1 Å². The fourth-order valence-corrected chi connectivity index (χ4v) is 6.21. The van der Waals surface area contributed by atoms with E-state index in [0.29, 0.717) is 12.8 Å². The number of thiazole rings is 1. The lowest BCUT2D eigenvalue weighted by Gasteiger charge is -2.15. The standard InChI is InChI=1S/C28H29N3O2S2/c1-17-14-18(2)26(19(3)15-17)31-27(33)20(4)34-28-30-23-12-11-22(16-24(23)35-28)29-25(32)13-10-21-8-6-5-7-9-21/h5-9,11-12,14-16,20H,10,13H2,1-4H3,(H,29,32)(H,31,33). The van der Waals surface area contributed by atoms with Crippen molar-refractivity contribution in [2.75, 3.05) is 10.6 Å². The number of hydrogen-bond acceptors (Lipinski definition) is 5. The third-order valence-electron chi connectivity index (χ3n) is 5.71. The molecule has 0 fully saturated rings. The molecule has 2 amide bonds. The summed E-state index contributed by atoms with van der Waals surface area (Å²) in [5, 5.41) is 5.77. The van der Waals surface area contributed by atoms with E-state index in [4.69, 9.17) is 0 Å². The monoisotopic (exact) mass is 503 g/mol. The van der Waals surface area contributed by atoms with Crippen molar-refractivity contribution in [1.29, 1.82) is 0 Å². The Labute approximate surface area is 214 Å². The smallest absolute Gasteiger partial charge is 0.237 e. The molecule has 35 heavy (non-hydrogen) atoms. The average molecular weight is 504 g/mol. The summed E-state index contributed by atoms with van der Waals surface area (Å²) in [5.41, 5.74) is 6.95. The minimum Gasteiger partial charge on any atom is -0.326 e. The largest absolute Gasteiger partial charge is 0.326 e. The van der Waals surface area contributed by atoms with Crippen LogP contribution in [0, 0.1) is 20.8 Å². The number of hydrogen-bond donors (Lipinski definition) is 2. The van der Waals surface area contributed by atoms with E-state index in [9.17, 15) is 9.59 Å². The van der Waals surface area contributed by atoms with E-state index in [1.807, 2.05) is 69.3 Å². The first-order chi connectivity index (χ1) is 16.8. The van der Waals surface area contributed by atoms with E-state index < -0.39 is 0 Å². The normalized spacial score (nSPS) is 11.9. The predicted molar refractivity (Wildman–Crippen MR) is 148 cm³/mol. The highest BCUT2D eigenvalue weighted by Gasteiger charge is 2.19. The number of benzene rings is 3. The van der Waals surface area contributed by atoms with Crippen LogP contribution < -0.4 is 10.6 Å². The van der Waals surface area contributed by atoms with Crippen LogP contribution in [0.15, 0.2) is 65.0 Å². The first kappa shape index (κ1) is 24.9. The van der Waals surface area contributed by atoms with Gasteiger partial charge in [-0.15, -0.1) is 11.3 Å². The van der Waals surface area contributed by atoms with Crippen LogP contribution in [0.1, 0.15) is 35.6 Å². The molecule has 0 aliphatic heterocycles. The minimum absolute atomic E-state index is 0.0145. The molecule has 7 heteroatoms. The molecule has 0 aliphatic carbocycles. The van der Waals surface area contributed by atoms with Crippen LogP contribution >= 0.6 is 23.1 Å². The lowest BCUT2D eigenvalue weighted by atomic mass is 10.1. The minimum atomic E-state index is -0.298. The second kappa shape index (κ2) is 11.1. The number of nitrogens with zero attached hydrogens (tertiary/aromatic N) is 1. The van der Waals surface area contributed by atoms with Gasteiger partial charge in [0.1, 0.15) is 0 Å². The van der Waals surface area contributed by atoms with Crippen LogP contribution in [0.25, 0.3) is 10.2 Å². The quantitative estimate of drug-likeness (QED) is 0.256. The summed E-state index contributed by atoms with van der Waals surface area (Å²) in [4.78, 5) is 29.9. The summed E-state index contributed by atoms with van der Waals surface area (Å²) < 4.78 is 1.80. The number of carbonyl (C=O) groups is 2. The molecule has 0 spiro atoms. The summed E-state index contributed by atoms with van der Waals surface area (Å²) in [6.07, 6.45) is 1.14. The van der Waals surface area contributed by atoms with Gasteiger partial charge >= 0.3 is 0 Å². The van der Waals surface area contributed by atoms with Crippen LogP contribution in [0.5, 0.6) is 0 Å². The fraction of sp³-hybridized carbons (Fsp3) is 0.250. The third kappa shape index (κ3) is 6.50. The highest BCUT2D eigenvalue weighted by Crippen LogP contribution is 2.34. The molecule has 5 nitrogen and oxygen atoms in total. The van der Waals surface area contributed by atoms with Crippen LogP contribution in [0.2, 0.25) is 0 Å². The Balaban J connectivity index is 1.37. The summed E-state index contributed by atoms with van der Waals surface area (Å²) in [5.74, 6) is -0.0602. The van der Waals surface area contributed by atoms with E-state index in [-0.39, 0.29) is 17.1 Å². The van der Waals surface area contributed by atoms with Crippen molar-refractivity contribution in [3.05, 3.63) is 82.9 Å². The molecule has 2 N–H and O–H groups in total. The highest BCUT2D eigenvalue weighted by molar-refractivity contribution is 8.02. The number of carbonyl (C=O) groups excluding carboxylic acids is 2. The van der Waals surface area contributed by atoms with Gasteiger partial charge in [0.2, 0.25) is 11.8 Å². The number of nitrogens with one attached hydrogen (secondary N) is 2. The SMILES string of the molecule is Cc1cc(C)c(NC(=O)C(C)Sc2nc3ccc(NC(=O)CCc4ccccc4)cc3s2)c(C)c1. The average Bonchev–Trinajstić information content (AvgIpc) is 3.22. The Morgan fingerprint density at radius 2 is 1.69 bits per heavy atom. The lowest BCUT2D eigenvalue weighted by molar-refractivity contribution is -0.116. The van der Waals surface area contributed by atoms with Gasteiger partial charge < -0.3 is 10.6 Å². The highest BCUT2D eigenvalue weighted by atomic mass is 32.2. The molecule has 4 aromatic rings. The summed E-state index contributed by atoms with van der Waals surface area (Å²) in [6.45, 7) is 7.97. The van der Waals surface area contributed by atoms with Crippen molar-refractivity contribution in [2.24, 2.45) is 0 Å². The molecule has 1 heterocycles. The van der Waals surface area contributed by atoms with Crippen LogP contribution in [-0.4, -0.2) is 22.0 Å². The lowest BCUT2D eigenvalue weighted by Crippen LogP contribution is -2.23. The number of aryl methyl sites for hydroxylation is 4. The Kier molecular flexibility index (Phi) is 7.88. The number of rotatable bonds is 8. The maximum Gasteiger partial charge on any atom is 0.237 e. The number of aromatic nitrogens is 1. The van der Waals surface area contributed by atoms with Gasteiger partial charge in [0.15, 0.2) is 4.34 Å². The second-order valence-corrected chi connectivity index (χ2v) is 11.3. The molecule has 0 aliphatic rings. The van der Waals surface area contributed by atoms with Crippen molar-refractivity contribution >= 4 is 56.5 Å². The summed E-state index contributed by atoms with van der Waals surface area (Å²) in [7, 11) is 0. The Bertz CT molecular complexity index is 1340. The van der Waals surface area contributed by atoms with Gasteiger partial charge in [-0.2, -0.15) is 0 Å². The van der Waals surface area contributed by atoms with Gasteiger partial charge in [0.25, 0.3) is 0 Å². The molecular formula is C28H29N3O2S2. The molecule has 180 valence electrons. The Morgan fingerprint density at radius 3 is 2.40 bits per heavy atom. The van der Waals surface area contributed by atoms with Crippen molar-refractivity contribution < 1.29 is 9.59 Å². The van der Waals surface area contributed by atoms with Crippen molar-refractivity contribution in [3.63, 3.8) is 0 Å². The molecule has 1 aromatic heterocycles. The first-order valence-corrected chi connectivity index (χ1v) is 13.3. The van der Waals surface area contributed by atoms with Crippen molar-refractivity contribution in [2.45, 2.75) is 50.1 Å². The zero-order valence-electron chi connectivity index (χ0n) is 20.3. The van der Waals surface area contributed by atoms with Gasteiger partial charge in [-0.25, -0.2) is 4.98 Å². The van der Waals surface area contributed by atoms with E-state index in [0.717, 1.165) is 42.6 Å². The van der Waals surface area contributed by atoms with Crippen LogP contribution in [0.4, 0.5) is 11.4 Å². The maximum atomic E-state index is 12.9. The van der Waals surface area contributed by atoms with Crippen molar-refractivity contribution in [3.8, 4) is 0 Å². The number of thioether (sulfide) groups is 1. The van der Waals surface area contributed by atoms with Gasteiger partial charge in [0, 0.05) is 17.8 Å². The molecule has 0 saturated heterocycles. The van der Waals surface area contributed by atoms with Gasteiger partial charge in [-0.3, -0.25) is 9.59 Å². The molecule has 0 saturated carbocycles. The van der Waals surface area contributed by atoms with E-state index >= 15 is 0 Å². The first-order valence-electron chi connectivity index (χ1n) is 11.6. The molecule has 1 unspecified atom stereocenters. The molecule has 1 atom stereocenters. The zero-order valence-corrected chi connectivity index (χ0v) is 22.0. The number of anilines is 2. The van der Waals surface area contributed by atoms with Gasteiger partial charge in [0.05, 0.1) is 15.5 Å². The third-order valence-corrected chi connectivity index (χ3v) is 7.92. The second-order valence-electron chi connectivity index (χ2n) is 8.72. The summed E-state index contributed by atoms with van der Waals surface area (Å²) in [6, 6.07) is 19.9. The van der Waals surface area contributed by atoms with Gasteiger partial charge in [-0.05, 0) is 69.0 Å². The number of amides is 2. The predicted octanol–water partition coefficient (Wildman–Crippen LogP) is 6.91. The van der Waals surface area contributed by atoms with E-state index in [1.165, 1.54) is 28.7 Å². The maximum absolute atomic E-state index is 12.9. The zero-order chi connectivity index (χ0) is 24.9. The molecule has 4 rings (SSSR count). The molecule has 0 bridgehead atoms. The Morgan fingerprint density at radius 1 is 0.971 bits per heavy atom. The Hall–Kier alpha value is -3.16. The van der Waals surface area contributed by atoms with Gasteiger partial charge in [-0.1, -0.05) is 59.8 Å². The summed E-state index contributed by atoms with van der Waals surface area (Å²) >= 11 is 2.97. The fourth-order valence-electron chi connectivity index (χ4n) is 3.96. The van der Waals surface area contributed by atoms with E-state index in [1.54, 1.807) is 0 Å². The molecular weight excluding hydrogens is 474 g/mol. The van der Waals surface area contributed by atoms with Crippen molar-refractivity contribution in [1.82, 2.24) is 4.98 Å². The van der Waals surface area contributed by atoms with Crippen LogP contribution in [-0.2, 0) is 16.0 Å². The van der Waals surface area contributed by atoms with Crippen LogP contribution in [0.3, 0.4) is 0 Å². The van der Waals surface area contributed by atoms with E-state index in [2.05, 4.69) is 34.7 Å². The molecule has 3 aromatic carbocycles. The number of fused-ring (bicyclic) bond motifs is 1.